The molecule has 1 amide bonds. The molecule has 3 aliphatic rings. The maximum Gasteiger partial charge on any atom is 0.238 e. The molecule has 0 aromatic heterocycles. The fourth-order valence-electron chi connectivity index (χ4n) is 2.89. The highest BCUT2D eigenvalue weighted by atomic mass is 16.5. The molecule has 0 radical (unpaired) electrons. The fourth-order valence-corrected chi connectivity index (χ4v) is 2.89. The van der Waals surface area contributed by atoms with Crippen molar-refractivity contribution in [1.82, 2.24) is 10.2 Å². The second kappa shape index (κ2) is 3.46. The molecular weight excluding hydrogens is 192 g/mol. The molecule has 3 fully saturated rings. The maximum atomic E-state index is 11.8. The molecule has 0 bridgehead atoms. The second-order valence-electron chi connectivity index (χ2n) is 4.89. The van der Waals surface area contributed by atoms with Crippen LogP contribution in [0.15, 0.2) is 0 Å². The zero-order chi connectivity index (χ0) is 10.4. The molecule has 1 saturated carbocycles. The molecule has 1 aliphatic carbocycles. The Kier molecular flexibility index (Phi) is 2.21. The van der Waals surface area contributed by atoms with E-state index in [2.05, 4.69) is 12.2 Å². The number of nitrogens with zero attached hydrogens (tertiary/aromatic N) is 1. The summed E-state index contributed by atoms with van der Waals surface area (Å²) in [6.07, 6.45) is 4.08. The maximum absolute atomic E-state index is 11.8. The van der Waals surface area contributed by atoms with E-state index in [-0.39, 0.29) is 12.1 Å². The normalized spacial score (nSPS) is 41.5. The number of carbonyl (C=O) groups excluding carboxylic acids is 1. The number of ether oxygens (including phenoxy) is 1. The summed E-state index contributed by atoms with van der Waals surface area (Å²) in [4.78, 5) is 13.8. The monoisotopic (exact) mass is 210 g/mol. The van der Waals surface area contributed by atoms with Crippen LogP contribution in [-0.4, -0.2) is 42.3 Å². The highest BCUT2D eigenvalue weighted by molar-refractivity contribution is 5.81. The van der Waals surface area contributed by atoms with Crippen molar-refractivity contribution in [2.45, 2.75) is 44.5 Å². The summed E-state index contributed by atoms with van der Waals surface area (Å²) in [7, 11) is 0. The lowest BCUT2D eigenvalue weighted by atomic mass is 10.0. The Morgan fingerprint density at radius 3 is 2.80 bits per heavy atom. The summed E-state index contributed by atoms with van der Waals surface area (Å²) in [5.74, 6) is 0.960. The van der Waals surface area contributed by atoms with Crippen molar-refractivity contribution in [3.05, 3.63) is 0 Å². The van der Waals surface area contributed by atoms with Crippen LogP contribution in [0.5, 0.6) is 0 Å². The van der Waals surface area contributed by atoms with Crippen LogP contribution in [-0.2, 0) is 9.53 Å². The third-order valence-electron chi connectivity index (χ3n) is 3.80. The van der Waals surface area contributed by atoms with E-state index in [9.17, 15) is 4.79 Å². The van der Waals surface area contributed by atoms with E-state index in [0.717, 1.165) is 18.9 Å². The minimum Gasteiger partial charge on any atom is -0.376 e. The smallest absolute Gasteiger partial charge is 0.238 e. The van der Waals surface area contributed by atoms with Gasteiger partial charge >= 0.3 is 0 Å². The molecule has 84 valence electrons. The van der Waals surface area contributed by atoms with Crippen molar-refractivity contribution in [2.24, 2.45) is 5.92 Å². The lowest BCUT2D eigenvalue weighted by Crippen LogP contribution is -2.47. The summed E-state index contributed by atoms with van der Waals surface area (Å²) in [6, 6.07) is 0.329. The highest BCUT2D eigenvalue weighted by Gasteiger charge is 2.46. The van der Waals surface area contributed by atoms with Crippen LogP contribution >= 0.6 is 0 Å². The largest absolute Gasteiger partial charge is 0.376 e. The first-order valence-electron chi connectivity index (χ1n) is 5.93. The van der Waals surface area contributed by atoms with Crippen LogP contribution in [0.4, 0.5) is 0 Å². The Bertz CT molecular complexity index is 278. The van der Waals surface area contributed by atoms with Crippen LogP contribution in [0.2, 0.25) is 0 Å². The van der Waals surface area contributed by atoms with Gasteiger partial charge in [0.25, 0.3) is 0 Å². The summed E-state index contributed by atoms with van der Waals surface area (Å²) in [6.45, 7) is 3.38. The SMILES string of the molecule is CC1NCC(=O)N1C1CCOC1C1CC1. The average molecular weight is 210 g/mol. The summed E-state index contributed by atoms with van der Waals surface area (Å²) in [5.41, 5.74) is 0. The Labute approximate surface area is 90.0 Å². The number of nitrogens with one attached hydrogen (secondary N) is 1. The molecule has 4 nitrogen and oxygen atoms in total. The van der Waals surface area contributed by atoms with Gasteiger partial charge in [0.1, 0.15) is 0 Å². The average Bonchev–Trinajstić information content (AvgIpc) is 2.87. The van der Waals surface area contributed by atoms with Gasteiger partial charge < -0.3 is 9.64 Å². The molecule has 3 rings (SSSR count). The molecule has 15 heavy (non-hydrogen) atoms. The molecule has 0 aromatic carbocycles. The zero-order valence-corrected chi connectivity index (χ0v) is 9.11. The Morgan fingerprint density at radius 1 is 1.40 bits per heavy atom. The first kappa shape index (κ1) is 9.60. The Hall–Kier alpha value is -0.610. The second-order valence-corrected chi connectivity index (χ2v) is 4.89. The van der Waals surface area contributed by atoms with Crippen molar-refractivity contribution >= 4 is 5.91 Å². The van der Waals surface area contributed by atoms with E-state index < -0.39 is 0 Å². The van der Waals surface area contributed by atoms with Crippen LogP contribution < -0.4 is 5.32 Å². The van der Waals surface area contributed by atoms with Crippen molar-refractivity contribution in [3.8, 4) is 0 Å². The Morgan fingerprint density at radius 2 is 2.20 bits per heavy atom. The van der Waals surface area contributed by atoms with Gasteiger partial charge in [0, 0.05) is 6.61 Å². The zero-order valence-electron chi connectivity index (χ0n) is 9.11. The third kappa shape index (κ3) is 1.56. The van der Waals surface area contributed by atoms with Crippen molar-refractivity contribution < 1.29 is 9.53 Å². The molecule has 4 heteroatoms. The van der Waals surface area contributed by atoms with E-state index in [0.29, 0.717) is 18.7 Å². The van der Waals surface area contributed by atoms with Gasteiger partial charge in [0.2, 0.25) is 5.91 Å². The quantitative estimate of drug-likeness (QED) is 0.714. The van der Waals surface area contributed by atoms with E-state index in [1.807, 2.05) is 4.90 Å². The van der Waals surface area contributed by atoms with E-state index in [1.54, 1.807) is 0 Å². The van der Waals surface area contributed by atoms with E-state index in [1.165, 1.54) is 12.8 Å². The van der Waals surface area contributed by atoms with Gasteiger partial charge in [0.15, 0.2) is 0 Å². The van der Waals surface area contributed by atoms with Crippen molar-refractivity contribution in [2.75, 3.05) is 13.2 Å². The minimum atomic E-state index is 0.186. The predicted octanol–water partition coefficient (Wildman–Crippen LogP) is 0.332. The lowest BCUT2D eigenvalue weighted by Gasteiger charge is -2.31. The third-order valence-corrected chi connectivity index (χ3v) is 3.80. The van der Waals surface area contributed by atoms with Gasteiger partial charge in [-0.05, 0) is 32.1 Å². The molecule has 3 atom stereocenters. The van der Waals surface area contributed by atoms with E-state index >= 15 is 0 Å². The number of carbonyl (C=O) groups is 1. The molecular formula is C11H18N2O2. The summed E-state index contributed by atoms with van der Waals surface area (Å²) < 4.78 is 5.78. The summed E-state index contributed by atoms with van der Waals surface area (Å²) >= 11 is 0. The number of hydrogen-bond acceptors (Lipinski definition) is 3. The van der Waals surface area contributed by atoms with Gasteiger partial charge in [-0.2, -0.15) is 0 Å². The van der Waals surface area contributed by atoms with Gasteiger partial charge in [-0.1, -0.05) is 0 Å². The van der Waals surface area contributed by atoms with Gasteiger partial charge in [-0.15, -0.1) is 0 Å². The van der Waals surface area contributed by atoms with Crippen molar-refractivity contribution in [1.29, 1.82) is 0 Å². The number of hydrogen-bond donors (Lipinski definition) is 1. The standard InChI is InChI=1S/C11H18N2O2/c1-7-12-6-10(14)13(7)9-4-5-15-11(9)8-2-3-8/h7-9,11-12H,2-6H2,1H3. The predicted molar refractivity (Wildman–Crippen MR) is 55.2 cm³/mol. The van der Waals surface area contributed by atoms with Crippen LogP contribution in [0.25, 0.3) is 0 Å². The molecule has 0 aromatic rings. The highest BCUT2D eigenvalue weighted by Crippen LogP contribution is 2.40. The van der Waals surface area contributed by atoms with Gasteiger partial charge in [-0.3, -0.25) is 10.1 Å². The molecule has 2 saturated heterocycles. The first-order chi connectivity index (χ1) is 7.27. The van der Waals surface area contributed by atoms with Crippen LogP contribution in [0.3, 0.4) is 0 Å². The lowest BCUT2D eigenvalue weighted by molar-refractivity contribution is -0.131. The molecule has 1 N–H and O–H groups in total. The fraction of sp³-hybridized carbons (Fsp3) is 0.909. The number of rotatable bonds is 2. The van der Waals surface area contributed by atoms with Crippen LogP contribution in [0.1, 0.15) is 26.2 Å². The topological polar surface area (TPSA) is 41.6 Å². The van der Waals surface area contributed by atoms with Gasteiger partial charge in [-0.25, -0.2) is 0 Å². The van der Waals surface area contributed by atoms with Crippen molar-refractivity contribution in [3.63, 3.8) is 0 Å². The minimum absolute atomic E-state index is 0.186. The van der Waals surface area contributed by atoms with Gasteiger partial charge in [0.05, 0.1) is 24.9 Å². The molecule has 2 heterocycles. The molecule has 0 spiro atoms. The first-order valence-corrected chi connectivity index (χ1v) is 5.93. The van der Waals surface area contributed by atoms with Crippen LogP contribution in [0, 0.1) is 5.92 Å². The molecule has 2 aliphatic heterocycles. The number of amides is 1. The molecule has 3 unspecified atom stereocenters. The Balaban J connectivity index is 1.76. The van der Waals surface area contributed by atoms with E-state index in [4.69, 9.17) is 4.74 Å². The summed E-state index contributed by atoms with van der Waals surface area (Å²) in [5, 5.41) is 3.20.